The molecule has 10 heavy (non-hydrogen) atoms. The van der Waals surface area contributed by atoms with Crippen molar-refractivity contribution in [2.75, 3.05) is 41.2 Å². The lowest BCUT2D eigenvalue weighted by Crippen LogP contribution is -3.00. The fraction of sp³-hybridized carbons (Fsp3) is 1.00. The normalized spacial score (nSPS) is 10.8. The predicted octanol–water partition coefficient (Wildman–Crippen LogP) is -2.36. The Balaban J connectivity index is 0. The maximum absolute atomic E-state index is 12.0. The van der Waals surface area contributed by atoms with E-state index >= 15 is 0 Å². The third-order valence-corrected chi connectivity index (χ3v) is 1.22. The molecule has 0 N–H and O–H groups in total. The standard InChI is InChI=1S/C6H15FNO.HI/c1-8(2,6-7)4-5-9-3;/h4-6H2,1-3H3;1H/q+1;/p-1. The number of quaternary nitrogens is 1. The first kappa shape index (κ1) is 13.2. The van der Waals surface area contributed by atoms with Crippen LogP contribution in [0.5, 0.6) is 0 Å². The van der Waals surface area contributed by atoms with Crippen molar-refractivity contribution in [3.8, 4) is 0 Å². The Labute approximate surface area is 79.0 Å². The molecule has 0 rings (SSSR count). The molecular formula is C6H15FINO. The van der Waals surface area contributed by atoms with Crippen molar-refractivity contribution < 1.29 is 37.6 Å². The fourth-order valence-electron chi connectivity index (χ4n) is 0.398. The summed E-state index contributed by atoms with van der Waals surface area (Å²) >= 11 is 0. The van der Waals surface area contributed by atoms with Crippen molar-refractivity contribution in [1.82, 2.24) is 0 Å². The van der Waals surface area contributed by atoms with Crippen LogP contribution in [0.2, 0.25) is 0 Å². The molecule has 0 aliphatic carbocycles. The first-order valence-corrected chi connectivity index (χ1v) is 2.99. The van der Waals surface area contributed by atoms with Gasteiger partial charge < -0.3 is 33.2 Å². The van der Waals surface area contributed by atoms with E-state index in [1.165, 1.54) is 0 Å². The molecule has 0 aromatic heterocycles. The van der Waals surface area contributed by atoms with E-state index in [4.69, 9.17) is 4.74 Å². The van der Waals surface area contributed by atoms with Gasteiger partial charge in [-0.1, -0.05) is 0 Å². The summed E-state index contributed by atoms with van der Waals surface area (Å²) in [4.78, 5) is 0. The molecule has 4 heteroatoms. The molecule has 0 aromatic rings. The van der Waals surface area contributed by atoms with Crippen molar-refractivity contribution in [3.05, 3.63) is 0 Å². The summed E-state index contributed by atoms with van der Waals surface area (Å²) in [5, 5.41) is 0. The van der Waals surface area contributed by atoms with Crippen molar-refractivity contribution >= 4 is 0 Å². The lowest BCUT2D eigenvalue weighted by molar-refractivity contribution is -0.903. The predicted molar refractivity (Wildman–Crippen MR) is 34.8 cm³/mol. The van der Waals surface area contributed by atoms with Gasteiger partial charge in [0.1, 0.15) is 6.54 Å². The molecule has 0 fully saturated rings. The number of likely N-dealkylation sites (N-methyl/N-ethyl adjacent to an activating group) is 1. The van der Waals surface area contributed by atoms with Gasteiger partial charge in [0.05, 0.1) is 20.7 Å². The minimum atomic E-state index is -0.330. The molecule has 2 nitrogen and oxygen atoms in total. The first-order valence-electron chi connectivity index (χ1n) is 2.99. The van der Waals surface area contributed by atoms with Crippen molar-refractivity contribution in [1.29, 1.82) is 0 Å². The second-order valence-electron chi connectivity index (χ2n) is 2.77. The Kier molecular flexibility index (Phi) is 8.31. The highest BCUT2D eigenvalue weighted by Gasteiger charge is 2.11. The quantitative estimate of drug-likeness (QED) is 0.313. The van der Waals surface area contributed by atoms with Crippen LogP contribution in [0.25, 0.3) is 0 Å². The molecule has 64 valence electrons. The van der Waals surface area contributed by atoms with Gasteiger partial charge in [0.25, 0.3) is 0 Å². The van der Waals surface area contributed by atoms with Gasteiger partial charge in [-0.05, 0) is 0 Å². The van der Waals surface area contributed by atoms with Crippen LogP contribution < -0.4 is 24.0 Å². The van der Waals surface area contributed by atoms with Crippen LogP contribution in [-0.2, 0) is 4.74 Å². The summed E-state index contributed by atoms with van der Waals surface area (Å²) in [5.41, 5.74) is 0. The number of hydrogen-bond acceptors (Lipinski definition) is 1. The van der Waals surface area contributed by atoms with Crippen LogP contribution in [0, 0.1) is 0 Å². The summed E-state index contributed by atoms with van der Waals surface area (Å²) in [6, 6.07) is 0. The average Bonchev–Trinajstić information content (AvgIpc) is 1.84. The van der Waals surface area contributed by atoms with E-state index < -0.39 is 0 Å². The largest absolute Gasteiger partial charge is 1.00 e. The summed E-state index contributed by atoms with van der Waals surface area (Å²) in [7, 11) is 5.29. The number of ether oxygens (including phenoxy) is 1. The highest BCUT2D eigenvalue weighted by molar-refractivity contribution is 4.24. The molecule has 0 saturated carbocycles. The number of rotatable bonds is 4. The second kappa shape index (κ2) is 6.30. The Morgan fingerprint density at radius 1 is 1.40 bits per heavy atom. The number of halogens is 2. The van der Waals surface area contributed by atoms with Crippen molar-refractivity contribution in [3.63, 3.8) is 0 Å². The monoisotopic (exact) mass is 263 g/mol. The molecule has 0 radical (unpaired) electrons. The zero-order valence-corrected chi connectivity index (χ0v) is 8.89. The molecule has 0 amide bonds. The Bertz CT molecular complexity index is 80.1. The van der Waals surface area contributed by atoms with E-state index in [1.807, 2.05) is 14.1 Å². The molecule has 0 heterocycles. The summed E-state index contributed by atoms with van der Waals surface area (Å²) in [6.07, 6.45) is 0. The van der Waals surface area contributed by atoms with Crippen molar-refractivity contribution in [2.45, 2.75) is 0 Å². The van der Waals surface area contributed by atoms with E-state index in [0.29, 0.717) is 11.1 Å². The van der Waals surface area contributed by atoms with Crippen LogP contribution in [0.1, 0.15) is 0 Å². The second-order valence-corrected chi connectivity index (χ2v) is 2.77. The van der Waals surface area contributed by atoms with Gasteiger partial charge in [0.15, 0.2) is 0 Å². The topological polar surface area (TPSA) is 9.23 Å². The number of hydrogen-bond donors (Lipinski definition) is 0. The highest BCUT2D eigenvalue weighted by atomic mass is 127. The summed E-state index contributed by atoms with van der Waals surface area (Å²) in [6.45, 7) is 1.02. The van der Waals surface area contributed by atoms with Gasteiger partial charge in [0, 0.05) is 7.11 Å². The van der Waals surface area contributed by atoms with Gasteiger partial charge in [-0.25, -0.2) is 0 Å². The highest BCUT2D eigenvalue weighted by Crippen LogP contribution is 1.95. The maximum atomic E-state index is 12.0. The Hall–Kier alpha value is 0.580. The number of nitrogens with zero attached hydrogens (tertiary/aromatic N) is 1. The summed E-state index contributed by atoms with van der Waals surface area (Å²) < 4.78 is 17.2. The van der Waals surface area contributed by atoms with Crippen LogP contribution >= 0.6 is 0 Å². The summed E-state index contributed by atoms with van der Waals surface area (Å²) in [5.74, 6) is 0. The molecule has 0 aliphatic heterocycles. The van der Waals surface area contributed by atoms with Gasteiger partial charge in [-0.3, -0.25) is 0 Å². The third kappa shape index (κ3) is 6.70. The molecule has 0 unspecified atom stereocenters. The van der Waals surface area contributed by atoms with E-state index in [9.17, 15) is 4.39 Å². The van der Waals surface area contributed by atoms with E-state index in [2.05, 4.69) is 0 Å². The van der Waals surface area contributed by atoms with Gasteiger partial charge in [-0.15, -0.1) is 0 Å². The molecular weight excluding hydrogens is 248 g/mol. The smallest absolute Gasteiger partial charge is 0.221 e. The van der Waals surface area contributed by atoms with Gasteiger partial charge in [0.2, 0.25) is 6.80 Å². The van der Waals surface area contributed by atoms with Crippen LogP contribution in [0.15, 0.2) is 0 Å². The lowest BCUT2D eigenvalue weighted by Gasteiger charge is -2.24. The molecule has 0 spiro atoms. The number of methoxy groups -OCH3 is 1. The van der Waals surface area contributed by atoms with E-state index in [1.54, 1.807) is 7.11 Å². The van der Waals surface area contributed by atoms with E-state index in [-0.39, 0.29) is 30.8 Å². The maximum Gasteiger partial charge on any atom is 0.221 e. The van der Waals surface area contributed by atoms with Crippen molar-refractivity contribution in [2.24, 2.45) is 0 Å². The molecule has 0 saturated heterocycles. The van der Waals surface area contributed by atoms with E-state index in [0.717, 1.165) is 6.54 Å². The zero-order chi connectivity index (χ0) is 7.33. The lowest BCUT2D eigenvalue weighted by atomic mass is 10.5. The Morgan fingerprint density at radius 2 is 1.90 bits per heavy atom. The first-order chi connectivity index (χ1) is 4.12. The number of alkyl halides is 1. The van der Waals surface area contributed by atoms with Gasteiger partial charge >= 0.3 is 0 Å². The minimum absolute atomic E-state index is 0. The van der Waals surface area contributed by atoms with Crippen LogP contribution in [-0.4, -0.2) is 45.6 Å². The third-order valence-electron chi connectivity index (χ3n) is 1.22. The molecule has 0 aromatic carbocycles. The van der Waals surface area contributed by atoms with Crippen LogP contribution in [0.3, 0.4) is 0 Å². The Morgan fingerprint density at radius 3 is 2.20 bits per heavy atom. The minimum Gasteiger partial charge on any atom is -1.00 e. The molecule has 0 atom stereocenters. The molecule has 0 bridgehead atoms. The van der Waals surface area contributed by atoms with Gasteiger partial charge in [-0.2, -0.15) is 4.39 Å². The molecule has 0 aliphatic rings. The average molecular weight is 263 g/mol. The van der Waals surface area contributed by atoms with Crippen LogP contribution in [0.4, 0.5) is 4.39 Å². The fourth-order valence-corrected chi connectivity index (χ4v) is 0.398. The zero-order valence-electron chi connectivity index (χ0n) is 6.73. The SMILES string of the molecule is COCC[N+](C)(C)CF.[I-].